The molecule has 0 aromatic carbocycles. The number of aromatic amines is 1. The highest BCUT2D eigenvalue weighted by Crippen LogP contribution is 2.33. The van der Waals surface area contributed by atoms with Gasteiger partial charge in [-0.05, 0) is 23.6 Å². The molecular weight excluding hydrogens is 423 g/mol. The van der Waals surface area contributed by atoms with Crippen LogP contribution in [0.15, 0.2) is 36.7 Å². The number of imidazole rings is 1. The van der Waals surface area contributed by atoms with Gasteiger partial charge in [0.2, 0.25) is 0 Å². The summed E-state index contributed by atoms with van der Waals surface area (Å²) < 4.78 is 41.1. The van der Waals surface area contributed by atoms with E-state index in [1.807, 2.05) is 6.92 Å². The molecule has 2 aromatic heterocycles. The van der Waals surface area contributed by atoms with Gasteiger partial charge in [-0.1, -0.05) is 31.2 Å². The standard InChI is InChI=1S/C17H18ClFN6O3S/c1-9-8-25(29(27,28)24-10(2)16(20)26)6-5-12(9)14-15(18)23-17(22-14)13-4-3-11(19)7-21-13/h3-5,7,9,24H,2,6,8H2,1H3,(H2,20,26)(H,22,23)/t9-/m0/s1. The lowest BCUT2D eigenvalue weighted by molar-refractivity contribution is -0.114. The Morgan fingerprint density at radius 1 is 1.48 bits per heavy atom. The molecule has 0 saturated heterocycles. The minimum absolute atomic E-state index is 0.0361. The van der Waals surface area contributed by atoms with Gasteiger partial charge >= 0.3 is 10.2 Å². The monoisotopic (exact) mass is 440 g/mol. The zero-order chi connectivity index (χ0) is 21.3. The van der Waals surface area contributed by atoms with E-state index in [0.717, 1.165) is 16.1 Å². The third kappa shape index (κ3) is 4.47. The first kappa shape index (κ1) is 21.0. The zero-order valence-electron chi connectivity index (χ0n) is 15.3. The van der Waals surface area contributed by atoms with E-state index in [-0.39, 0.29) is 24.2 Å². The van der Waals surface area contributed by atoms with Crippen LogP contribution in [0.25, 0.3) is 17.1 Å². The Kier molecular flexibility index (Phi) is 5.73. The lowest BCUT2D eigenvalue weighted by Gasteiger charge is -2.30. The molecule has 29 heavy (non-hydrogen) atoms. The van der Waals surface area contributed by atoms with Crippen molar-refractivity contribution >= 4 is 33.3 Å². The summed E-state index contributed by atoms with van der Waals surface area (Å²) in [6, 6.07) is 2.73. The van der Waals surface area contributed by atoms with Gasteiger partial charge in [0.15, 0.2) is 5.82 Å². The van der Waals surface area contributed by atoms with Crippen molar-refractivity contribution in [3.63, 3.8) is 0 Å². The number of rotatable bonds is 6. The average Bonchev–Trinajstić information content (AvgIpc) is 3.03. The van der Waals surface area contributed by atoms with Crippen LogP contribution in [0.3, 0.4) is 0 Å². The molecule has 1 aliphatic rings. The Labute approximate surface area is 171 Å². The van der Waals surface area contributed by atoms with Crippen LogP contribution in [0.2, 0.25) is 5.15 Å². The fourth-order valence-corrected chi connectivity index (χ4v) is 4.33. The van der Waals surface area contributed by atoms with Crippen molar-refractivity contribution in [2.24, 2.45) is 11.7 Å². The SMILES string of the molecule is C=C(NS(=O)(=O)N1CC=C(c2nc(-c3ccc(F)cn3)[nH]c2Cl)[C@@H](C)C1)C(N)=O. The Morgan fingerprint density at radius 2 is 2.21 bits per heavy atom. The molecule has 9 nitrogen and oxygen atoms in total. The summed E-state index contributed by atoms with van der Waals surface area (Å²) in [5.41, 5.74) is 6.24. The molecule has 3 rings (SSSR count). The van der Waals surface area contributed by atoms with E-state index in [2.05, 4.69) is 26.3 Å². The highest BCUT2D eigenvalue weighted by atomic mass is 35.5. The second-order valence-electron chi connectivity index (χ2n) is 6.44. The predicted octanol–water partition coefficient (Wildman–Crippen LogP) is 1.43. The predicted molar refractivity (Wildman–Crippen MR) is 106 cm³/mol. The van der Waals surface area contributed by atoms with E-state index < -0.39 is 27.6 Å². The highest BCUT2D eigenvalue weighted by Gasteiger charge is 2.31. The van der Waals surface area contributed by atoms with Gasteiger partial charge in [0.25, 0.3) is 5.91 Å². The maximum atomic E-state index is 13.1. The summed E-state index contributed by atoms with van der Waals surface area (Å²) in [7, 11) is -3.99. The quantitative estimate of drug-likeness (QED) is 0.584. The summed E-state index contributed by atoms with van der Waals surface area (Å²) in [5.74, 6) is -1.31. The number of primary amides is 1. The van der Waals surface area contributed by atoms with Crippen LogP contribution in [-0.4, -0.2) is 46.7 Å². The van der Waals surface area contributed by atoms with E-state index in [4.69, 9.17) is 17.3 Å². The maximum Gasteiger partial charge on any atom is 0.302 e. The minimum atomic E-state index is -3.99. The third-order valence-electron chi connectivity index (χ3n) is 4.32. The van der Waals surface area contributed by atoms with Crippen molar-refractivity contribution in [3.05, 3.63) is 53.3 Å². The van der Waals surface area contributed by atoms with E-state index in [1.165, 1.54) is 12.1 Å². The molecule has 1 amide bonds. The van der Waals surface area contributed by atoms with Crippen LogP contribution >= 0.6 is 11.6 Å². The number of nitrogens with one attached hydrogen (secondary N) is 2. The van der Waals surface area contributed by atoms with Crippen molar-refractivity contribution < 1.29 is 17.6 Å². The molecule has 0 fully saturated rings. The Balaban J connectivity index is 1.84. The first-order chi connectivity index (χ1) is 13.6. The molecule has 4 N–H and O–H groups in total. The van der Waals surface area contributed by atoms with Crippen molar-refractivity contribution in [2.75, 3.05) is 13.1 Å². The van der Waals surface area contributed by atoms with Crippen molar-refractivity contribution in [1.82, 2.24) is 24.0 Å². The van der Waals surface area contributed by atoms with Gasteiger partial charge in [-0.3, -0.25) is 9.52 Å². The molecular formula is C17H18ClFN6O3S. The van der Waals surface area contributed by atoms with Crippen molar-refractivity contribution in [3.8, 4) is 11.5 Å². The lowest BCUT2D eigenvalue weighted by atomic mass is 9.95. The largest absolute Gasteiger partial charge is 0.364 e. The summed E-state index contributed by atoms with van der Waals surface area (Å²) in [6.07, 6.45) is 2.76. The normalized spacial score (nSPS) is 17.6. The van der Waals surface area contributed by atoms with Gasteiger partial charge in [0.1, 0.15) is 28.1 Å². The summed E-state index contributed by atoms with van der Waals surface area (Å²) in [6.45, 7) is 5.27. The van der Waals surface area contributed by atoms with E-state index in [0.29, 0.717) is 17.2 Å². The van der Waals surface area contributed by atoms with Crippen LogP contribution in [0.1, 0.15) is 12.6 Å². The number of nitrogens with two attached hydrogens (primary N) is 1. The van der Waals surface area contributed by atoms with Crippen LogP contribution in [0, 0.1) is 11.7 Å². The number of hydrogen-bond donors (Lipinski definition) is 3. The molecule has 154 valence electrons. The summed E-state index contributed by atoms with van der Waals surface area (Å²) >= 11 is 6.29. The number of hydrogen-bond acceptors (Lipinski definition) is 5. The van der Waals surface area contributed by atoms with E-state index in [9.17, 15) is 17.6 Å². The lowest BCUT2D eigenvalue weighted by Crippen LogP contribution is -2.45. The number of H-pyrrole nitrogens is 1. The molecule has 0 spiro atoms. The summed E-state index contributed by atoms with van der Waals surface area (Å²) in [5, 5.41) is 0.265. The van der Waals surface area contributed by atoms with Crippen LogP contribution in [-0.2, 0) is 15.0 Å². The van der Waals surface area contributed by atoms with Gasteiger partial charge in [-0.2, -0.15) is 12.7 Å². The Morgan fingerprint density at radius 3 is 2.79 bits per heavy atom. The average molecular weight is 441 g/mol. The summed E-state index contributed by atoms with van der Waals surface area (Å²) in [4.78, 5) is 22.4. The molecule has 0 unspecified atom stereocenters. The number of halogens is 2. The number of pyridine rings is 1. The maximum absolute atomic E-state index is 13.1. The molecule has 12 heteroatoms. The van der Waals surface area contributed by atoms with Gasteiger partial charge < -0.3 is 10.7 Å². The number of aromatic nitrogens is 3. The fourth-order valence-electron chi connectivity index (χ4n) is 2.86. The molecule has 0 radical (unpaired) electrons. The molecule has 3 heterocycles. The second-order valence-corrected chi connectivity index (χ2v) is 8.49. The third-order valence-corrected chi connectivity index (χ3v) is 6.07. The molecule has 0 aliphatic carbocycles. The fraction of sp³-hybridized carbons (Fsp3) is 0.235. The number of nitrogens with zero attached hydrogens (tertiary/aromatic N) is 3. The molecule has 1 atom stereocenters. The number of carbonyl (C=O) groups excluding carboxylic acids is 1. The molecule has 0 saturated carbocycles. The first-order valence-electron chi connectivity index (χ1n) is 8.43. The topological polar surface area (TPSA) is 134 Å². The molecule has 1 aliphatic heterocycles. The van der Waals surface area contributed by atoms with E-state index >= 15 is 0 Å². The molecule has 2 aromatic rings. The Bertz CT molecular complexity index is 1100. The first-order valence-corrected chi connectivity index (χ1v) is 10.2. The van der Waals surface area contributed by atoms with Gasteiger partial charge in [-0.15, -0.1) is 0 Å². The van der Waals surface area contributed by atoms with Crippen molar-refractivity contribution in [1.29, 1.82) is 0 Å². The van der Waals surface area contributed by atoms with Gasteiger partial charge in [0.05, 0.1) is 6.20 Å². The van der Waals surface area contributed by atoms with E-state index in [1.54, 1.807) is 6.08 Å². The van der Waals surface area contributed by atoms with Gasteiger partial charge in [-0.25, -0.2) is 14.4 Å². The van der Waals surface area contributed by atoms with Gasteiger partial charge in [0, 0.05) is 13.1 Å². The number of amides is 1. The zero-order valence-corrected chi connectivity index (χ0v) is 16.9. The Hall–Kier alpha value is -2.76. The van der Waals surface area contributed by atoms with Crippen LogP contribution < -0.4 is 10.5 Å². The van der Waals surface area contributed by atoms with Crippen molar-refractivity contribution in [2.45, 2.75) is 6.92 Å². The minimum Gasteiger partial charge on any atom is -0.364 e. The number of carbonyl (C=O) groups is 1. The van der Waals surface area contributed by atoms with Crippen LogP contribution in [0.5, 0.6) is 0 Å². The second kappa shape index (κ2) is 7.93. The molecule has 0 bridgehead atoms. The van der Waals surface area contributed by atoms with Crippen LogP contribution in [0.4, 0.5) is 4.39 Å². The smallest absolute Gasteiger partial charge is 0.302 e. The highest BCUT2D eigenvalue weighted by molar-refractivity contribution is 7.87.